The highest BCUT2D eigenvalue weighted by Crippen LogP contribution is 2.34. The van der Waals surface area contributed by atoms with Crippen molar-refractivity contribution in [3.8, 4) is 0 Å². The Bertz CT molecular complexity index is 1400. The Hall–Kier alpha value is -3.30. The number of benzene rings is 2. The third-order valence-electron chi connectivity index (χ3n) is 5.72. The van der Waals surface area contributed by atoms with E-state index in [1.165, 1.54) is 18.2 Å². The predicted molar refractivity (Wildman–Crippen MR) is 121 cm³/mol. The van der Waals surface area contributed by atoms with Crippen LogP contribution in [0.5, 0.6) is 0 Å². The van der Waals surface area contributed by atoms with Gasteiger partial charge >= 0.3 is 0 Å². The molecule has 32 heavy (non-hydrogen) atoms. The Labute approximate surface area is 188 Å². The first-order valence-corrected chi connectivity index (χ1v) is 12.3. The molecule has 5 rings (SSSR count). The van der Waals surface area contributed by atoms with E-state index in [9.17, 15) is 22.8 Å². The summed E-state index contributed by atoms with van der Waals surface area (Å²) >= 11 is 1.15. The van der Waals surface area contributed by atoms with Crippen molar-refractivity contribution in [2.45, 2.75) is 29.5 Å². The van der Waals surface area contributed by atoms with E-state index in [4.69, 9.17) is 0 Å². The second-order valence-electron chi connectivity index (χ2n) is 7.90. The summed E-state index contributed by atoms with van der Waals surface area (Å²) in [4.78, 5) is 39.3. The number of hydrogen-bond donors (Lipinski definition) is 1. The third kappa shape index (κ3) is 3.34. The van der Waals surface area contributed by atoms with Gasteiger partial charge in [-0.25, -0.2) is 8.42 Å². The number of nitrogens with one attached hydrogen (secondary N) is 1. The summed E-state index contributed by atoms with van der Waals surface area (Å²) in [7, 11) is -3.88. The summed E-state index contributed by atoms with van der Waals surface area (Å²) < 4.78 is 29.3. The maximum atomic E-state index is 13.0. The minimum Gasteiger partial charge on any atom is -0.297 e. The van der Waals surface area contributed by atoms with Gasteiger partial charge in [-0.05, 0) is 48.6 Å². The molecule has 3 aromatic rings. The van der Waals surface area contributed by atoms with Crippen LogP contribution in [0.25, 0.3) is 10.1 Å². The number of rotatable bonds is 4. The average molecular weight is 467 g/mol. The molecule has 1 N–H and O–H groups in total. The fraction of sp³-hybridized carbons (Fsp3) is 0.174. The Balaban J connectivity index is 1.43. The molecule has 162 valence electrons. The molecule has 1 aliphatic carbocycles. The number of ketones is 1. The third-order valence-corrected chi connectivity index (χ3v) is 8.69. The lowest BCUT2D eigenvalue weighted by Crippen LogP contribution is -2.46. The molecule has 2 amide bonds. The minimum absolute atomic E-state index is 0.0868. The maximum absolute atomic E-state index is 13.0. The molecular weight excluding hydrogens is 448 g/mol. The van der Waals surface area contributed by atoms with Crippen molar-refractivity contribution in [3.05, 3.63) is 71.8 Å². The first-order valence-electron chi connectivity index (χ1n) is 9.97. The van der Waals surface area contributed by atoms with E-state index in [-0.39, 0.29) is 33.2 Å². The number of amides is 2. The van der Waals surface area contributed by atoms with Gasteiger partial charge in [0.25, 0.3) is 21.8 Å². The molecule has 1 fully saturated rings. The molecule has 1 aromatic heterocycles. The van der Waals surface area contributed by atoms with Gasteiger partial charge in [0.05, 0.1) is 17.2 Å². The van der Waals surface area contributed by atoms with Crippen molar-refractivity contribution < 1.29 is 22.8 Å². The molecule has 1 atom stereocenters. The van der Waals surface area contributed by atoms with Crippen LogP contribution < -0.4 is 4.72 Å². The van der Waals surface area contributed by atoms with Gasteiger partial charge < -0.3 is 0 Å². The quantitative estimate of drug-likeness (QED) is 0.463. The fourth-order valence-electron chi connectivity index (χ4n) is 4.13. The SMILES string of the molecule is C=C1CCC(N2C(=O)c3ccc(NS(=O)(=O)c4cc5ccccc5s4)cc3C2=O)C(=O)C1. The largest absolute Gasteiger partial charge is 0.297 e. The van der Waals surface area contributed by atoms with Crippen molar-refractivity contribution in [2.24, 2.45) is 0 Å². The molecule has 1 unspecified atom stereocenters. The summed E-state index contributed by atoms with van der Waals surface area (Å²) in [6, 6.07) is 12.3. The van der Waals surface area contributed by atoms with E-state index in [1.54, 1.807) is 6.07 Å². The first kappa shape index (κ1) is 20.6. The van der Waals surface area contributed by atoms with E-state index >= 15 is 0 Å². The number of nitrogens with zero attached hydrogens (tertiary/aromatic N) is 1. The number of anilines is 1. The number of hydrogen-bond acceptors (Lipinski definition) is 6. The smallest absolute Gasteiger partial charge is 0.271 e. The van der Waals surface area contributed by atoms with Crippen molar-refractivity contribution >= 4 is 54.7 Å². The fourth-order valence-corrected chi connectivity index (χ4v) is 6.58. The topological polar surface area (TPSA) is 101 Å². The zero-order valence-corrected chi connectivity index (χ0v) is 18.5. The highest BCUT2D eigenvalue weighted by molar-refractivity contribution is 7.94. The molecule has 0 spiro atoms. The summed E-state index contributed by atoms with van der Waals surface area (Å²) in [5, 5.41) is 0.822. The molecule has 2 heterocycles. The summed E-state index contributed by atoms with van der Waals surface area (Å²) in [5.41, 5.74) is 1.22. The van der Waals surface area contributed by atoms with E-state index in [2.05, 4.69) is 11.3 Å². The van der Waals surface area contributed by atoms with Crippen LogP contribution in [-0.4, -0.2) is 37.0 Å². The number of carbonyl (C=O) groups is 3. The molecular formula is C23H18N2O5S2. The van der Waals surface area contributed by atoms with Gasteiger partial charge in [0.15, 0.2) is 5.78 Å². The molecule has 2 aliphatic rings. The summed E-state index contributed by atoms with van der Waals surface area (Å²) in [5.74, 6) is -1.32. The number of fused-ring (bicyclic) bond motifs is 2. The van der Waals surface area contributed by atoms with Gasteiger partial charge in [0, 0.05) is 16.8 Å². The highest BCUT2D eigenvalue weighted by Gasteiger charge is 2.43. The van der Waals surface area contributed by atoms with E-state index in [0.29, 0.717) is 12.8 Å². The number of allylic oxidation sites excluding steroid dienone is 1. The predicted octanol–water partition coefficient (Wildman–Crippen LogP) is 3.98. The Kier molecular flexibility index (Phi) is 4.75. The van der Waals surface area contributed by atoms with Crippen LogP contribution in [0.3, 0.4) is 0 Å². The van der Waals surface area contributed by atoms with Crippen LogP contribution in [0, 0.1) is 0 Å². The standard InChI is InChI=1S/C23H18N2O5S2/c1-13-6-9-18(19(26)10-13)25-22(27)16-8-7-15(12-17(16)23(25)28)24-32(29,30)21-11-14-4-2-3-5-20(14)31-21/h2-5,7-8,11-12,18,24H,1,6,9-10H2. The zero-order chi connectivity index (χ0) is 22.6. The number of sulfonamides is 1. The van der Waals surface area contributed by atoms with Gasteiger partial charge in [0.2, 0.25) is 0 Å². The van der Waals surface area contributed by atoms with Gasteiger partial charge in [-0.15, -0.1) is 11.3 Å². The molecule has 0 radical (unpaired) electrons. The monoisotopic (exact) mass is 466 g/mol. The van der Waals surface area contributed by atoms with Crippen molar-refractivity contribution in [1.82, 2.24) is 4.90 Å². The van der Waals surface area contributed by atoms with Crippen molar-refractivity contribution in [1.29, 1.82) is 0 Å². The van der Waals surface area contributed by atoms with Crippen LogP contribution in [0.15, 0.2) is 64.9 Å². The van der Waals surface area contributed by atoms with Gasteiger partial charge in [-0.2, -0.15) is 0 Å². The molecule has 7 nitrogen and oxygen atoms in total. The van der Waals surface area contributed by atoms with E-state index in [1.807, 2.05) is 24.3 Å². The summed E-state index contributed by atoms with van der Waals surface area (Å²) in [6.07, 6.45) is 1.08. The van der Waals surface area contributed by atoms with Crippen LogP contribution in [-0.2, 0) is 14.8 Å². The van der Waals surface area contributed by atoms with Crippen molar-refractivity contribution in [2.75, 3.05) is 4.72 Å². The Morgan fingerprint density at radius 1 is 1.00 bits per heavy atom. The van der Waals surface area contributed by atoms with E-state index < -0.39 is 27.9 Å². The van der Waals surface area contributed by atoms with Crippen LogP contribution >= 0.6 is 11.3 Å². The lowest BCUT2D eigenvalue weighted by atomic mass is 9.89. The number of thiophene rings is 1. The van der Waals surface area contributed by atoms with Crippen LogP contribution in [0.2, 0.25) is 0 Å². The molecule has 2 aromatic carbocycles. The van der Waals surface area contributed by atoms with Crippen molar-refractivity contribution in [3.63, 3.8) is 0 Å². The number of Topliss-reactive ketones (excluding diaryl/α,β-unsaturated/α-hetero) is 1. The average Bonchev–Trinajstić information content (AvgIpc) is 3.29. The zero-order valence-electron chi connectivity index (χ0n) is 16.8. The van der Waals surface area contributed by atoms with Crippen LogP contribution in [0.1, 0.15) is 40.0 Å². The second-order valence-corrected chi connectivity index (χ2v) is 10.9. The number of imide groups is 1. The molecule has 1 saturated carbocycles. The van der Waals surface area contributed by atoms with Gasteiger partial charge in [-0.3, -0.25) is 24.0 Å². The lowest BCUT2D eigenvalue weighted by molar-refractivity contribution is -0.123. The normalized spacial score (nSPS) is 19.0. The Morgan fingerprint density at radius 2 is 1.75 bits per heavy atom. The lowest BCUT2D eigenvalue weighted by Gasteiger charge is -2.29. The first-order chi connectivity index (χ1) is 15.2. The molecule has 0 saturated heterocycles. The summed E-state index contributed by atoms with van der Waals surface area (Å²) in [6.45, 7) is 3.81. The maximum Gasteiger partial charge on any atom is 0.271 e. The molecule has 9 heteroatoms. The van der Waals surface area contributed by atoms with Gasteiger partial charge in [-0.1, -0.05) is 30.4 Å². The molecule has 0 bridgehead atoms. The Morgan fingerprint density at radius 3 is 2.50 bits per heavy atom. The highest BCUT2D eigenvalue weighted by atomic mass is 32.2. The van der Waals surface area contributed by atoms with Gasteiger partial charge in [0.1, 0.15) is 4.21 Å². The molecule has 1 aliphatic heterocycles. The second kappa shape index (κ2) is 7.39. The van der Waals surface area contributed by atoms with Crippen LogP contribution in [0.4, 0.5) is 5.69 Å². The minimum atomic E-state index is -3.88. The number of carbonyl (C=O) groups excluding carboxylic acids is 3. The van der Waals surface area contributed by atoms with E-state index in [0.717, 1.165) is 31.9 Å².